The number of nitrogens with zero attached hydrogens (tertiary/aromatic N) is 1. The monoisotopic (exact) mass is 250 g/mol. The van der Waals surface area contributed by atoms with Gasteiger partial charge in [0.25, 0.3) is 0 Å². The van der Waals surface area contributed by atoms with E-state index in [-0.39, 0.29) is 6.54 Å². The van der Waals surface area contributed by atoms with E-state index in [1.165, 1.54) is 0 Å². The van der Waals surface area contributed by atoms with Crippen LogP contribution in [0.2, 0.25) is 5.15 Å². The lowest BCUT2D eigenvalue weighted by Crippen LogP contribution is -2.12. The fourth-order valence-corrected chi connectivity index (χ4v) is 1.12. The van der Waals surface area contributed by atoms with Crippen LogP contribution in [0.4, 0.5) is 0 Å². The van der Waals surface area contributed by atoms with E-state index in [0.717, 1.165) is 0 Å². The molecule has 1 rings (SSSR count). The van der Waals surface area contributed by atoms with E-state index in [2.05, 4.69) is 20.9 Å². The van der Waals surface area contributed by atoms with Crippen molar-refractivity contribution in [3.8, 4) is 0 Å². The standard InChI is InChI=1S/C7H8BrClN2O/c8-4-1-2-5(6(12)3-10)11-7(4)9/h1-2,6,12H,3,10H2. The molecule has 0 saturated carbocycles. The Labute approximate surface area is 83.7 Å². The number of halogens is 2. The highest BCUT2D eigenvalue weighted by molar-refractivity contribution is 9.10. The molecule has 1 atom stereocenters. The summed E-state index contributed by atoms with van der Waals surface area (Å²) in [6.45, 7) is 0.144. The van der Waals surface area contributed by atoms with Gasteiger partial charge in [0, 0.05) is 6.54 Å². The van der Waals surface area contributed by atoms with Crippen LogP contribution >= 0.6 is 27.5 Å². The largest absolute Gasteiger partial charge is 0.385 e. The zero-order chi connectivity index (χ0) is 9.14. The van der Waals surface area contributed by atoms with Gasteiger partial charge in [0.2, 0.25) is 0 Å². The average Bonchev–Trinajstić information content (AvgIpc) is 2.08. The molecule has 66 valence electrons. The second-order valence-corrected chi connectivity index (χ2v) is 3.47. The summed E-state index contributed by atoms with van der Waals surface area (Å²) >= 11 is 8.90. The van der Waals surface area contributed by atoms with Gasteiger partial charge in [-0.15, -0.1) is 0 Å². The fourth-order valence-electron chi connectivity index (χ4n) is 0.738. The third kappa shape index (κ3) is 2.17. The van der Waals surface area contributed by atoms with Crippen LogP contribution in [-0.2, 0) is 0 Å². The highest BCUT2D eigenvalue weighted by Gasteiger charge is 2.08. The van der Waals surface area contributed by atoms with Gasteiger partial charge in [0.1, 0.15) is 11.3 Å². The Balaban J connectivity index is 2.96. The first-order valence-electron chi connectivity index (χ1n) is 3.35. The molecule has 0 aliphatic carbocycles. The number of hydrogen-bond donors (Lipinski definition) is 2. The fraction of sp³-hybridized carbons (Fsp3) is 0.286. The lowest BCUT2D eigenvalue weighted by molar-refractivity contribution is 0.182. The first kappa shape index (κ1) is 9.92. The maximum Gasteiger partial charge on any atom is 0.143 e. The maximum atomic E-state index is 9.28. The van der Waals surface area contributed by atoms with Crippen LogP contribution in [0.5, 0.6) is 0 Å². The van der Waals surface area contributed by atoms with Gasteiger partial charge in [-0.1, -0.05) is 11.6 Å². The molecule has 0 aliphatic rings. The highest BCUT2D eigenvalue weighted by Crippen LogP contribution is 2.21. The molecule has 0 radical (unpaired) electrons. The van der Waals surface area contributed by atoms with Crippen LogP contribution < -0.4 is 5.73 Å². The number of aromatic nitrogens is 1. The molecule has 5 heteroatoms. The molecule has 1 unspecified atom stereocenters. The van der Waals surface area contributed by atoms with Crippen molar-refractivity contribution in [2.24, 2.45) is 5.73 Å². The molecule has 1 aromatic rings. The SMILES string of the molecule is NCC(O)c1ccc(Br)c(Cl)n1. The molecule has 0 aliphatic heterocycles. The van der Waals surface area contributed by atoms with E-state index < -0.39 is 6.10 Å². The Kier molecular flexibility index (Phi) is 3.46. The van der Waals surface area contributed by atoms with Gasteiger partial charge >= 0.3 is 0 Å². The van der Waals surface area contributed by atoms with Crippen molar-refractivity contribution < 1.29 is 5.11 Å². The molecular weight excluding hydrogens is 243 g/mol. The zero-order valence-electron chi connectivity index (χ0n) is 6.17. The molecule has 0 fully saturated rings. The molecule has 1 aromatic heterocycles. The molecule has 0 bridgehead atoms. The number of hydrogen-bond acceptors (Lipinski definition) is 3. The predicted octanol–water partition coefficient (Wildman–Crippen LogP) is 1.49. The van der Waals surface area contributed by atoms with Crippen LogP contribution in [0, 0.1) is 0 Å². The first-order valence-corrected chi connectivity index (χ1v) is 4.52. The summed E-state index contributed by atoms with van der Waals surface area (Å²) in [5.41, 5.74) is 5.74. The van der Waals surface area contributed by atoms with Crippen molar-refractivity contribution in [1.29, 1.82) is 0 Å². The summed E-state index contributed by atoms with van der Waals surface area (Å²) in [4.78, 5) is 3.93. The van der Waals surface area contributed by atoms with Gasteiger partial charge in [-0.25, -0.2) is 4.98 Å². The smallest absolute Gasteiger partial charge is 0.143 e. The van der Waals surface area contributed by atoms with E-state index in [0.29, 0.717) is 15.3 Å². The minimum atomic E-state index is -0.740. The summed E-state index contributed by atoms with van der Waals surface area (Å²) in [6, 6.07) is 3.40. The van der Waals surface area contributed by atoms with Crippen molar-refractivity contribution in [3.05, 3.63) is 27.5 Å². The average molecular weight is 252 g/mol. The topological polar surface area (TPSA) is 59.1 Å². The summed E-state index contributed by atoms with van der Waals surface area (Å²) < 4.78 is 0.706. The summed E-state index contributed by atoms with van der Waals surface area (Å²) in [6.07, 6.45) is -0.740. The number of aliphatic hydroxyl groups excluding tert-OH is 1. The zero-order valence-corrected chi connectivity index (χ0v) is 8.51. The van der Waals surface area contributed by atoms with Gasteiger partial charge in [-0.3, -0.25) is 0 Å². The lowest BCUT2D eigenvalue weighted by Gasteiger charge is -2.06. The van der Waals surface area contributed by atoms with Gasteiger partial charge in [0.15, 0.2) is 0 Å². The van der Waals surface area contributed by atoms with Gasteiger partial charge < -0.3 is 10.8 Å². The lowest BCUT2D eigenvalue weighted by atomic mass is 10.2. The van der Waals surface area contributed by atoms with Crippen LogP contribution in [0.15, 0.2) is 16.6 Å². The first-order chi connectivity index (χ1) is 5.65. The van der Waals surface area contributed by atoms with Crippen molar-refractivity contribution in [1.82, 2.24) is 4.98 Å². The van der Waals surface area contributed by atoms with E-state index in [1.54, 1.807) is 12.1 Å². The predicted molar refractivity (Wildman–Crippen MR) is 51.0 cm³/mol. The summed E-state index contributed by atoms with van der Waals surface area (Å²) in [5, 5.41) is 9.62. The number of pyridine rings is 1. The minimum absolute atomic E-state index is 0.144. The second-order valence-electron chi connectivity index (χ2n) is 2.26. The van der Waals surface area contributed by atoms with Crippen LogP contribution in [0.3, 0.4) is 0 Å². The van der Waals surface area contributed by atoms with Gasteiger partial charge in [0.05, 0.1) is 10.2 Å². The van der Waals surface area contributed by atoms with Crippen molar-refractivity contribution in [3.63, 3.8) is 0 Å². The maximum absolute atomic E-state index is 9.28. The van der Waals surface area contributed by atoms with Gasteiger partial charge in [-0.05, 0) is 28.1 Å². The molecule has 0 aromatic carbocycles. The Morgan fingerprint density at radius 3 is 2.83 bits per heavy atom. The molecule has 1 heterocycles. The Morgan fingerprint density at radius 2 is 2.33 bits per heavy atom. The Hall–Kier alpha value is -0.160. The van der Waals surface area contributed by atoms with Crippen LogP contribution in [-0.4, -0.2) is 16.6 Å². The Bertz CT molecular complexity index is 282. The normalized spacial score (nSPS) is 13.0. The van der Waals surface area contributed by atoms with E-state index in [4.69, 9.17) is 17.3 Å². The molecular formula is C7H8BrClN2O. The van der Waals surface area contributed by atoms with Crippen molar-refractivity contribution in [2.45, 2.75) is 6.10 Å². The number of rotatable bonds is 2. The molecule has 3 N–H and O–H groups in total. The number of aliphatic hydroxyl groups is 1. The quantitative estimate of drug-likeness (QED) is 0.783. The van der Waals surface area contributed by atoms with E-state index in [1.807, 2.05) is 0 Å². The minimum Gasteiger partial charge on any atom is -0.385 e. The summed E-state index contributed by atoms with van der Waals surface area (Å²) in [5.74, 6) is 0. The highest BCUT2D eigenvalue weighted by atomic mass is 79.9. The molecule has 0 saturated heterocycles. The van der Waals surface area contributed by atoms with Gasteiger partial charge in [-0.2, -0.15) is 0 Å². The van der Waals surface area contributed by atoms with Crippen LogP contribution in [0.1, 0.15) is 11.8 Å². The van der Waals surface area contributed by atoms with E-state index in [9.17, 15) is 5.11 Å². The molecule has 12 heavy (non-hydrogen) atoms. The number of nitrogens with two attached hydrogens (primary N) is 1. The van der Waals surface area contributed by atoms with Crippen LogP contribution in [0.25, 0.3) is 0 Å². The molecule has 3 nitrogen and oxygen atoms in total. The molecule has 0 amide bonds. The third-order valence-electron chi connectivity index (χ3n) is 1.39. The second kappa shape index (κ2) is 4.18. The van der Waals surface area contributed by atoms with Crippen molar-refractivity contribution in [2.75, 3.05) is 6.54 Å². The Morgan fingerprint density at radius 1 is 1.67 bits per heavy atom. The molecule has 0 spiro atoms. The van der Waals surface area contributed by atoms with E-state index >= 15 is 0 Å². The summed E-state index contributed by atoms with van der Waals surface area (Å²) in [7, 11) is 0. The third-order valence-corrected chi connectivity index (χ3v) is 2.55. The van der Waals surface area contributed by atoms with Crippen molar-refractivity contribution >= 4 is 27.5 Å².